The van der Waals surface area contributed by atoms with Gasteiger partial charge < -0.3 is 25.0 Å². The first kappa shape index (κ1) is 33.0. The van der Waals surface area contributed by atoms with Crippen LogP contribution >= 0.6 is 0 Å². The van der Waals surface area contributed by atoms with E-state index in [2.05, 4.69) is 48.5 Å². The molecule has 1 heterocycles. The van der Waals surface area contributed by atoms with E-state index in [4.69, 9.17) is 14.6 Å². The zero-order chi connectivity index (χ0) is 32.5. The molecule has 0 radical (unpaired) electrons. The molecule has 1 fully saturated rings. The van der Waals surface area contributed by atoms with E-state index < -0.39 is 12.3 Å². The van der Waals surface area contributed by atoms with Crippen LogP contribution in [-0.4, -0.2) is 46.7 Å². The van der Waals surface area contributed by atoms with E-state index in [0.717, 1.165) is 46.5 Å². The number of rotatable bonds is 13. The first-order valence-electron chi connectivity index (χ1n) is 15.7. The van der Waals surface area contributed by atoms with Gasteiger partial charge in [0.1, 0.15) is 0 Å². The molecule has 8 heteroatoms. The number of carboxylic acid groups (broad SMARTS) is 1. The Labute approximate surface area is 270 Å². The van der Waals surface area contributed by atoms with Gasteiger partial charge in [0.25, 0.3) is 0 Å². The number of carbonyl (C=O) groups is 2. The SMILES string of the molecule is C[C@H]1[C@@H](CN(C)Cc2ccccc2)O[C@@H](c2ccc(-c3ccccc3CNC(=O)CCC(=O)O)cc2)O[C@H]1c1ccc(CO)cc1. The van der Waals surface area contributed by atoms with Crippen LogP contribution in [0.1, 0.15) is 60.0 Å². The number of carbonyl (C=O) groups excluding carboxylic acids is 1. The van der Waals surface area contributed by atoms with Crippen molar-refractivity contribution in [1.82, 2.24) is 10.2 Å². The van der Waals surface area contributed by atoms with Crippen LogP contribution in [0, 0.1) is 5.92 Å². The second-order valence-electron chi connectivity index (χ2n) is 12.0. The summed E-state index contributed by atoms with van der Waals surface area (Å²) < 4.78 is 13.3. The molecule has 0 aliphatic carbocycles. The summed E-state index contributed by atoms with van der Waals surface area (Å²) in [6, 6.07) is 34.3. The van der Waals surface area contributed by atoms with E-state index in [1.807, 2.05) is 78.9 Å². The molecule has 0 aromatic heterocycles. The van der Waals surface area contributed by atoms with Crippen molar-refractivity contribution in [1.29, 1.82) is 0 Å². The molecule has 8 nitrogen and oxygen atoms in total. The van der Waals surface area contributed by atoms with Crippen molar-refractivity contribution in [2.24, 2.45) is 5.92 Å². The smallest absolute Gasteiger partial charge is 0.303 e. The van der Waals surface area contributed by atoms with Gasteiger partial charge in [0, 0.05) is 37.5 Å². The summed E-state index contributed by atoms with van der Waals surface area (Å²) in [6.45, 7) is 4.00. The van der Waals surface area contributed by atoms with Crippen LogP contribution in [0.4, 0.5) is 0 Å². The van der Waals surface area contributed by atoms with Crippen LogP contribution in [-0.2, 0) is 38.8 Å². The van der Waals surface area contributed by atoms with Crippen molar-refractivity contribution in [3.63, 3.8) is 0 Å². The number of likely N-dealkylation sites (N-methyl/N-ethyl adjacent to an activating group) is 1. The Hall–Kier alpha value is -4.34. The van der Waals surface area contributed by atoms with Gasteiger partial charge in [-0.1, -0.05) is 110 Å². The molecule has 1 saturated heterocycles. The first-order valence-corrected chi connectivity index (χ1v) is 15.7. The molecular weight excluding hydrogens is 580 g/mol. The van der Waals surface area contributed by atoms with Gasteiger partial charge in [-0.25, -0.2) is 0 Å². The molecule has 4 atom stereocenters. The summed E-state index contributed by atoms with van der Waals surface area (Å²) in [7, 11) is 2.11. The van der Waals surface area contributed by atoms with Crippen LogP contribution in [0.25, 0.3) is 11.1 Å². The Bertz CT molecular complexity index is 1580. The van der Waals surface area contributed by atoms with Crippen molar-refractivity contribution in [3.8, 4) is 11.1 Å². The monoisotopic (exact) mass is 622 g/mol. The van der Waals surface area contributed by atoms with E-state index in [0.29, 0.717) is 6.54 Å². The summed E-state index contributed by atoms with van der Waals surface area (Å²) >= 11 is 0. The summed E-state index contributed by atoms with van der Waals surface area (Å²) in [5.41, 5.74) is 6.95. The van der Waals surface area contributed by atoms with Crippen molar-refractivity contribution < 1.29 is 29.3 Å². The van der Waals surface area contributed by atoms with Crippen molar-refractivity contribution >= 4 is 11.9 Å². The topological polar surface area (TPSA) is 108 Å². The van der Waals surface area contributed by atoms with Gasteiger partial charge >= 0.3 is 5.97 Å². The zero-order valence-corrected chi connectivity index (χ0v) is 26.3. The minimum absolute atomic E-state index is 0.00737. The van der Waals surface area contributed by atoms with Gasteiger partial charge in [-0.05, 0) is 40.4 Å². The summed E-state index contributed by atoms with van der Waals surface area (Å²) in [4.78, 5) is 25.2. The highest BCUT2D eigenvalue weighted by atomic mass is 16.7. The Balaban J connectivity index is 1.34. The molecule has 0 bridgehead atoms. The Kier molecular flexibility index (Phi) is 11.3. The highest BCUT2D eigenvalue weighted by Crippen LogP contribution is 2.42. The second-order valence-corrected chi connectivity index (χ2v) is 12.0. The molecule has 0 saturated carbocycles. The number of aliphatic hydroxyl groups excluding tert-OH is 1. The number of nitrogens with one attached hydrogen (secondary N) is 1. The summed E-state index contributed by atoms with van der Waals surface area (Å²) in [6.07, 6.45) is -1.13. The van der Waals surface area contributed by atoms with Gasteiger partial charge in [0.05, 0.1) is 25.2 Å². The number of amides is 1. The largest absolute Gasteiger partial charge is 0.481 e. The number of ether oxygens (including phenoxy) is 2. The van der Waals surface area contributed by atoms with Crippen LogP contribution in [0.2, 0.25) is 0 Å². The lowest BCUT2D eigenvalue weighted by atomic mass is 9.90. The quantitative estimate of drug-likeness (QED) is 0.162. The van der Waals surface area contributed by atoms with Crippen LogP contribution in [0.3, 0.4) is 0 Å². The van der Waals surface area contributed by atoms with Gasteiger partial charge in [-0.2, -0.15) is 0 Å². The zero-order valence-electron chi connectivity index (χ0n) is 26.3. The maximum absolute atomic E-state index is 12.1. The third-order valence-corrected chi connectivity index (χ3v) is 8.46. The number of carboxylic acids is 1. The summed E-state index contributed by atoms with van der Waals surface area (Å²) in [5, 5.41) is 21.3. The van der Waals surface area contributed by atoms with E-state index >= 15 is 0 Å². The van der Waals surface area contributed by atoms with Gasteiger partial charge in [0.15, 0.2) is 6.29 Å². The van der Waals surface area contributed by atoms with Gasteiger partial charge in [-0.15, -0.1) is 0 Å². The van der Waals surface area contributed by atoms with Crippen LogP contribution in [0.15, 0.2) is 103 Å². The highest BCUT2D eigenvalue weighted by Gasteiger charge is 2.38. The lowest BCUT2D eigenvalue weighted by Gasteiger charge is -2.42. The molecule has 1 aliphatic rings. The maximum atomic E-state index is 12.1. The average molecular weight is 623 g/mol. The molecule has 0 spiro atoms. The molecular formula is C38H42N2O6. The fourth-order valence-electron chi connectivity index (χ4n) is 5.87. The van der Waals surface area contributed by atoms with Crippen molar-refractivity contribution in [3.05, 3.63) is 131 Å². The molecule has 1 aliphatic heterocycles. The molecule has 4 aromatic rings. The fraction of sp³-hybridized carbons (Fsp3) is 0.316. The fourth-order valence-corrected chi connectivity index (χ4v) is 5.87. The van der Waals surface area contributed by atoms with Gasteiger partial charge in [0.2, 0.25) is 5.91 Å². The van der Waals surface area contributed by atoms with Gasteiger partial charge in [-0.3, -0.25) is 14.5 Å². The Morgan fingerprint density at radius 1 is 0.804 bits per heavy atom. The molecule has 0 unspecified atom stereocenters. The molecule has 1 amide bonds. The van der Waals surface area contributed by atoms with E-state index in [9.17, 15) is 14.7 Å². The number of benzene rings is 4. The van der Waals surface area contributed by atoms with Crippen LogP contribution in [0.5, 0.6) is 0 Å². The molecule has 46 heavy (non-hydrogen) atoms. The Morgan fingerprint density at radius 3 is 2.17 bits per heavy atom. The molecule has 3 N–H and O–H groups in total. The van der Waals surface area contributed by atoms with E-state index in [1.165, 1.54) is 5.56 Å². The Morgan fingerprint density at radius 2 is 1.48 bits per heavy atom. The predicted octanol–water partition coefficient (Wildman–Crippen LogP) is 6.25. The molecule has 5 rings (SSSR count). The summed E-state index contributed by atoms with van der Waals surface area (Å²) in [5.74, 6) is -1.21. The highest BCUT2D eigenvalue weighted by molar-refractivity contribution is 5.80. The third kappa shape index (κ3) is 8.68. The van der Waals surface area contributed by atoms with Crippen molar-refractivity contribution in [2.45, 2.75) is 58.0 Å². The number of aliphatic hydroxyl groups is 1. The number of nitrogens with zero attached hydrogens (tertiary/aromatic N) is 1. The number of aliphatic carboxylic acids is 1. The minimum atomic E-state index is -0.993. The predicted molar refractivity (Wildman–Crippen MR) is 176 cm³/mol. The number of hydrogen-bond acceptors (Lipinski definition) is 6. The standard InChI is InChI=1S/C38H42N2O6/c1-26-34(24-40(2)23-27-8-4-3-5-9-27)45-38(46-37(26)30-14-12-28(25-41)13-15-30)31-18-16-29(17-19-31)33-11-7-6-10-32(33)22-39-35(42)20-21-36(43)44/h3-19,26,34,37-38,41H,20-25H2,1-2H3,(H,39,42)(H,43,44)/t26-,34+,37+,38+/m0/s1. The van der Waals surface area contributed by atoms with E-state index in [1.54, 1.807) is 0 Å². The second kappa shape index (κ2) is 15.8. The molecule has 240 valence electrons. The average Bonchev–Trinajstić information content (AvgIpc) is 3.08. The van der Waals surface area contributed by atoms with Crippen LogP contribution < -0.4 is 5.32 Å². The first-order chi connectivity index (χ1) is 22.3. The van der Waals surface area contributed by atoms with Crippen molar-refractivity contribution in [2.75, 3.05) is 13.6 Å². The lowest BCUT2D eigenvalue weighted by Crippen LogP contribution is -2.43. The maximum Gasteiger partial charge on any atom is 0.303 e. The normalized spacial score (nSPS) is 19.6. The number of hydrogen-bond donors (Lipinski definition) is 3. The lowest BCUT2D eigenvalue weighted by molar-refractivity contribution is -0.276. The minimum Gasteiger partial charge on any atom is -0.481 e. The third-order valence-electron chi connectivity index (χ3n) is 8.46. The van der Waals surface area contributed by atoms with E-state index in [-0.39, 0.29) is 43.5 Å². The molecule has 4 aromatic carbocycles.